The summed E-state index contributed by atoms with van der Waals surface area (Å²) in [5, 5.41) is 10.5. The van der Waals surface area contributed by atoms with Gasteiger partial charge in [0.15, 0.2) is 6.61 Å². The fourth-order valence-electron chi connectivity index (χ4n) is 2.55. The molecule has 8 nitrogen and oxygen atoms in total. The number of amides is 3. The number of aryl methyl sites for hydroxylation is 1. The van der Waals surface area contributed by atoms with Gasteiger partial charge < -0.3 is 10.1 Å². The van der Waals surface area contributed by atoms with E-state index in [1.165, 1.54) is 11.3 Å². The fourth-order valence-corrected chi connectivity index (χ4v) is 3.76. The molecule has 2 heterocycles. The van der Waals surface area contributed by atoms with Crippen LogP contribution in [-0.4, -0.2) is 40.8 Å². The number of nitrogens with one attached hydrogen (secondary N) is 2. The van der Waals surface area contributed by atoms with Crippen molar-refractivity contribution in [2.45, 2.75) is 20.3 Å². The van der Waals surface area contributed by atoms with Crippen molar-refractivity contribution in [1.29, 1.82) is 0 Å². The minimum absolute atomic E-state index is 0.339. The third-order valence-electron chi connectivity index (χ3n) is 3.94. The molecule has 0 unspecified atom stereocenters. The van der Waals surface area contributed by atoms with E-state index < -0.39 is 24.5 Å². The molecule has 0 bridgehead atoms. The first-order valence-corrected chi connectivity index (χ1v) is 10.1. The summed E-state index contributed by atoms with van der Waals surface area (Å²) in [7, 11) is 0. The van der Waals surface area contributed by atoms with Crippen molar-refractivity contribution < 1.29 is 19.1 Å². The summed E-state index contributed by atoms with van der Waals surface area (Å²) >= 11 is 7.15. The van der Waals surface area contributed by atoms with Crippen LogP contribution in [0.4, 0.5) is 4.79 Å². The molecule has 0 spiro atoms. The first-order chi connectivity index (χ1) is 13.9. The van der Waals surface area contributed by atoms with Crippen molar-refractivity contribution in [3.63, 3.8) is 0 Å². The number of esters is 1. The summed E-state index contributed by atoms with van der Waals surface area (Å²) in [6, 6.07) is 8.26. The number of hydrogen-bond acceptors (Lipinski definition) is 6. The molecule has 3 rings (SSSR count). The lowest BCUT2D eigenvalue weighted by atomic mass is 10.3. The highest BCUT2D eigenvalue weighted by Gasteiger charge is 2.19. The third-order valence-corrected chi connectivity index (χ3v) is 5.28. The molecule has 2 aromatic heterocycles. The zero-order valence-corrected chi connectivity index (χ0v) is 17.4. The van der Waals surface area contributed by atoms with E-state index >= 15 is 0 Å². The molecular formula is C19H19ClN4O4S. The number of benzene rings is 1. The third kappa shape index (κ3) is 4.93. The Balaban J connectivity index is 1.69. The number of carbonyl (C=O) groups excluding carboxylic acids is 3. The van der Waals surface area contributed by atoms with Crippen LogP contribution < -0.4 is 10.6 Å². The average molecular weight is 435 g/mol. The van der Waals surface area contributed by atoms with Gasteiger partial charge in [0, 0.05) is 17.0 Å². The lowest BCUT2D eigenvalue weighted by Crippen LogP contribution is -2.41. The van der Waals surface area contributed by atoms with Crippen molar-refractivity contribution >= 4 is 51.1 Å². The van der Waals surface area contributed by atoms with Gasteiger partial charge in [0.25, 0.3) is 5.91 Å². The molecule has 152 valence electrons. The Morgan fingerprint density at radius 2 is 1.97 bits per heavy atom. The van der Waals surface area contributed by atoms with Crippen LogP contribution in [0.5, 0.6) is 0 Å². The topological polar surface area (TPSA) is 102 Å². The number of thiophene rings is 1. The predicted molar refractivity (Wildman–Crippen MR) is 111 cm³/mol. The van der Waals surface area contributed by atoms with Crippen LogP contribution in [0.3, 0.4) is 0 Å². The molecule has 0 aliphatic carbocycles. The molecule has 29 heavy (non-hydrogen) atoms. The number of halogens is 1. The molecular weight excluding hydrogens is 416 g/mol. The Bertz CT molecular complexity index is 1060. The van der Waals surface area contributed by atoms with Gasteiger partial charge in [0.1, 0.15) is 9.71 Å². The number of carbonyl (C=O) groups is 3. The number of aromatic nitrogens is 2. The Morgan fingerprint density at radius 1 is 1.24 bits per heavy atom. The van der Waals surface area contributed by atoms with Gasteiger partial charge in [-0.3, -0.25) is 10.1 Å². The molecule has 3 amide bonds. The second-order valence-corrected chi connectivity index (χ2v) is 7.65. The lowest BCUT2D eigenvalue weighted by molar-refractivity contribution is -0.123. The largest absolute Gasteiger partial charge is 0.451 e. The molecule has 3 aromatic rings. The maximum absolute atomic E-state index is 12.3. The molecule has 0 radical (unpaired) electrons. The Kier molecular flexibility index (Phi) is 6.50. The van der Waals surface area contributed by atoms with Crippen molar-refractivity contribution in [2.24, 2.45) is 0 Å². The van der Waals surface area contributed by atoms with Gasteiger partial charge in [-0.15, -0.1) is 11.3 Å². The molecule has 0 atom stereocenters. The number of urea groups is 1. The highest BCUT2D eigenvalue weighted by atomic mass is 35.5. The number of nitrogens with zero attached hydrogens (tertiary/aromatic N) is 2. The van der Waals surface area contributed by atoms with Crippen LogP contribution in [0.2, 0.25) is 5.02 Å². The predicted octanol–water partition coefficient (Wildman–Crippen LogP) is 3.44. The van der Waals surface area contributed by atoms with Gasteiger partial charge in [-0.05, 0) is 43.7 Å². The summed E-state index contributed by atoms with van der Waals surface area (Å²) in [6.45, 7) is 3.64. The monoisotopic (exact) mass is 434 g/mol. The zero-order valence-electron chi connectivity index (χ0n) is 15.8. The summed E-state index contributed by atoms with van der Waals surface area (Å²) < 4.78 is 6.76. The molecule has 10 heteroatoms. The second kappa shape index (κ2) is 9.06. The van der Waals surface area contributed by atoms with E-state index in [1.807, 2.05) is 26.0 Å². The average Bonchev–Trinajstić information content (AvgIpc) is 3.26. The Labute approximate surface area is 175 Å². The van der Waals surface area contributed by atoms with Crippen molar-refractivity contribution in [3.05, 3.63) is 45.9 Å². The number of ether oxygens (including phenoxy) is 1. The molecule has 0 saturated heterocycles. The van der Waals surface area contributed by atoms with Gasteiger partial charge in [-0.2, -0.15) is 5.10 Å². The fraction of sp³-hybridized carbons (Fsp3) is 0.263. The SMILES string of the molecule is CCCNC(=O)NC(=O)COC(=O)c1cc2c(C)nn(-c3ccc(Cl)cc3)c2s1. The van der Waals surface area contributed by atoms with E-state index in [9.17, 15) is 14.4 Å². The summed E-state index contributed by atoms with van der Waals surface area (Å²) in [5.74, 6) is -1.34. The van der Waals surface area contributed by atoms with E-state index in [-0.39, 0.29) is 0 Å². The van der Waals surface area contributed by atoms with Gasteiger partial charge in [0.05, 0.1) is 11.4 Å². The molecule has 0 aliphatic rings. The van der Waals surface area contributed by atoms with Gasteiger partial charge in [-0.25, -0.2) is 14.3 Å². The molecule has 0 fully saturated rings. The standard InChI is InChI=1S/C19H19ClN4O4S/c1-3-8-21-19(27)22-16(25)10-28-18(26)15-9-14-11(2)23-24(17(14)29-15)13-6-4-12(20)5-7-13/h4-7,9H,3,8,10H2,1-2H3,(H2,21,22,25,27). The van der Waals surface area contributed by atoms with Crippen molar-refractivity contribution in [3.8, 4) is 5.69 Å². The van der Waals surface area contributed by atoms with Crippen LogP contribution in [-0.2, 0) is 9.53 Å². The van der Waals surface area contributed by atoms with Crippen LogP contribution in [0.1, 0.15) is 28.7 Å². The van der Waals surface area contributed by atoms with E-state index in [2.05, 4.69) is 15.7 Å². The van der Waals surface area contributed by atoms with Crippen molar-refractivity contribution in [2.75, 3.05) is 13.2 Å². The highest BCUT2D eigenvalue weighted by molar-refractivity contribution is 7.20. The maximum atomic E-state index is 12.3. The normalized spacial score (nSPS) is 10.7. The summed E-state index contributed by atoms with van der Waals surface area (Å²) in [5.41, 5.74) is 1.57. The molecule has 0 aliphatic heterocycles. The van der Waals surface area contributed by atoms with Gasteiger partial charge in [-0.1, -0.05) is 18.5 Å². The van der Waals surface area contributed by atoms with Gasteiger partial charge >= 0.3 is 12.0 Å². The summed E-state index contributed by atoms with van der Waals surface area (Å²) in [4.78, 5) is 36.6. The first-order valence-electron chi connectivity index (χ1n) is 8.89. The van der Waals surface area contributed by atoms with E-state index in [4.69, 9.17) is 16.3 Å². The minimum atomic E-state index is -0.698. The van der Waals surface area contributed by atoms with E-state index in [1.54, 1.807) is 22.9 Å². The van der Waals surface area contributed by atoms with Crippen LogP contribution in [0.25, 0.3) is 15.9 Å². The van der Waals surface area contributed by atoms with Crippen LogP contribution >= 0.6 is 22.9 Å². The number of rotatable bonds is 6. The minimum Gasteiger partial charge on any atom is -0.451 e. The Hall–Kier alpha value is -2.91. The number of fused-ring (bicyclic) bond motifs is 1. The lowest BCUT2D eigenvalue weighted by Gasteiger charge is -2.06. The quantitative estimate of drug-likeness (QED) is 0.578. The van der Waals surface area contributed by atoms with Crippen LogP contribution in [0, 0.1) is 6.92 Å². The van der Waals surface area contributed by atoms with E-state index in [0.29, 0.717) is 16.4 Å². The Morgan fingerprint density at radius 3 is 2.66 bits per heavy atom. The van der Waals surface area contributed by atoms with Gasteiger partial charge in [0.2, 0.25) is 0 Å². The molecule has 1 aromatic carbocycles. The zero-order chi connectivity index (χ0) is 21.0. The van der Waals surface area contributed by atoms with Crippen molar-refractivity contribution in [1.82, 2.24) is 20.4 Å². The van der Waals surface area contributed by atoms with Crippen LogP contribution in [0.15, 0.2) is 30.3 Å². The first kappa shape index (κ1) is 20.8. The molecule has 2 N–H and O–H groups in total. The molecule has 0 saturated carbocycles. The van der Waals surface area contributed by atoms with E-state index in [0.717, 1.165) is 28.0 Å². The second-order valence-electron chi connectivity index (χ2n) is 6.18. The number of imide groups is 1. The highest BCUT2D eigenvalue weighted by Crippen LogP contribution is 2.31. The number of hydrogen-bond donors (Lipinski definition) is 2. The maximum Gasteiger partial charge on any atom is 0.348 e. The summed E-state index contributed by atoms with van der Waals surface area (Å²) in [6.07, 6.45) is 0.745. The smallest absolute Gasteiger partial charge is 0.348 e.